The van der Waals surface area contributed by atoms with Crippen LogP contribution in [0, 0.1) is 0 Å². The molecule has 0 spiro atoms. The third kappa shape index (κ3) is 9.69. The van der Waals surface area contributed by atoms with Crippen molar-refractivity contribution >= 4 is 35.1 Å². The summed E-state index contributed by atoms with van der Waals surface area (Å²) in [7, 11) is 0. The minimum Gasteiger partial charge on any atom is -0.352 e. The maximum atomic E-state index is 12.5. The Kier molecular flexibility index (Phi) is 11.4. The molecule has 1 aromatic rings. The molecule has 0 aliphatic rings. The normalized spacial score (nSPS) is 9.82. The first-order chi connectivity index (χ1) is 15.7. The van der Waals surface area contributed by atoms with E-state index in [-0.39, 0.29) is 72.9 Å². The Morgan fingerprint density at radius 2 is 0.788 bits per heavy atom. The molecule has 0 saturated carbocycles. The maximum absolute atomic E-state index is 12.5. The molecular formula is C24H27N3O6. The third-order valence-corrected chi connectivity index (χ3v) is 4.37. The van der Waals surface area contributed by atoms with E-state index in [1.165, 1.54) is 18.2 Å². The van der Waals surface area contributed by atoms with Crippen molar-refractivity contribution in [1.82, 2.24) is 16.0 Å². The number of hydrogen-bond acceptors (Lipinski definition) is 6. The van der Waals surface area contributed by atoms with Crippen LogP contribution in [0.2, 0.25) is 0 Å². The van der Waals surface area contributed by atoms with Crippen LogP contribution >= 0.6 is 0 Å². The number of benzene rings is 1. The van der Waals surface area contributed by atoms with E-state index in [1.54, 1.807) is 0 Å². The van der Waals surface area contributed by atoms with Gasteiger partial charge in [-0.05, 0) is 36.4 Å². The molecule has 0 unspecified atom stereocenters. The Morgan fingerprint density at radius 3 is 1.00 bits per heavy atom. The van der Waals surface area contributed by atoms with Gasteiger partial charge in [0.25, 0.3) is 17.7 Å². The Bertz CT molecular complexity index is 844. The minimum absolute atomic E-state index is 0.0307. The minimum atomic E-state index is -0.584. The lowest BCUT2D eigenvalue weighted by atomic mass is 10.0. The molecule has 3 amide bonds. The van der Waals surface area contributed by atoms with Gasteiger partial charge >= 0.3 is 0 Å². The zero-order valence-corrected chi connectivity index (χ0v) is 18.3. The molecule has 1 aromatic carbocycles. The van der Waals surface area contributed by atoms with Crippen molar-refractivity contribution in [3.63, 3.8) is 0 Å². The first-order valence-corrected chi connectivity index (χ1v) is 10.2. The van der Waals surface area contributed by atoms with Gasteiger partial charge in [0.05, 0.1) is 0 Å². The molecule has 174 valence electrons. The van der Waals surface area contributed by atoms with Gasteiger partial charge in [0.2, 0.25) is 0 Å². The van der Waals surface area contributed by atoms with Gasteiger partial charge in [-0.2, -0.15) is 0 Å². The number of amides is 3. The van der Waals surface area contributed by atoms with Crippen molar-refractivity contribution in [1.29, 1.82) is 0 Å². The molecule has 0 saturated heterocycles. The van der Waals surface area contributed by atoms with Crippen LogP contribution in [0.15, 0.2) is 56.2 Å². The standard InChI is InChI=1S/C24H27N3O6/c1-4-19(28)7-10-25-22(31)16-13-17(23(32)26-11-8-20(29)5-2)15-18(14-16)24(33)27-12-9-21(30)6-3/h4-6,13-15H,1-3,7-12H2,(H,25,31)(H,26,32)(H,27,33). The van der Waals surface area contributed by atoms with Gasteiger partial charge in [-0.3, -0.25) is 28.8 Å². The topological polar surface area (TPSA) is 139 Å². The molecule has 0 bridgehead atoms. The number of hydrogen-bond donors (Lipinski definition) is 3. The fourth-order valence-electron chi connectivity index (χ4n) is 2.53. The van der Waals surface area contributed by atoms with Gasteiger partial charge in [-0.15, -0.1) is 0 Å². The fraction of sp³-hybridized carbons (Fsp3) is 0.250. The van der Waals surface area contributed by atoms with E-state index >= 15 is 0 Å². The van der Waals surface area contributed by atoms with Gasteiger partial charge in [0.15, 0.2) is 17.3 Å². The lowest BCUT2D eigenvalue weighted by molar-refractivity contribution is -0.115. The summed E-state index contributed by atoms with van der Waals surface area (Å²) in [5, 5.41) is 7.64. The molecule has 9 nitrogen and oxygen atoms in total. The van der Waals surface area contributed by atoms with Gasteiger partial charge in [0.1, 0.15) is 0 Å². The maximum Gasteiger partial charge on any atom is 0.251 e. The summed E-state index contributed by atoms with van der Waals surface area (Å²) < 4.78 is 0. The molecule has 3 N–H and O–H groups in total. The average Bonchev–Trinajstić information content (AvgIpc) is 2.82. The van der Waals surface area contributed by atoms with Crippen molar-refractivity contribution in [3.8, 4) is 0 Å². The SMILES string of the molecule is C=CC(=O)CCNC(=O)c1cc(C(=O)NCCC(=O)C=C)cc(C(=O)NCCC(=O)C=C)c1. The van der Waals surface area contributed by atoms with Crippen LogP contribution in [0.3, 0.4) is 0 Å². The van der Waals surface area contributed by atoms with Crippen LogP contribution in [0.25, 0.3) is 0 Å². The molecule has 1 rings (SSSR count). The predicted molar refractivity (Wildman–Crippen MR) is 123 cm³/mol. The van der Waals surface area contributed by atoms with E-state index in [0.717, 1.165) is 18.2 Å². The lowest BCUT2D eigenvalue weighted by Gasteiger charge is -2.11. The zero-order valence-electron chi connectivity index (χ0n) is 18.3. The second kappa shape index (κ2) is 14.0. The lowest BCUT2D eigenvalue weighted by Crippen LogP contribution is -2.30. The molecule has 0 aliphatic heterocycles. The van der Waals surface area contributed by atoms with Crippen LogP contribution in [-0.2, 0) is 14.4 Å². The highest BCUT2D eigenvalue weighted by molar-refractivity contribution is 6.05. The Labute approximate surface area is 192 Å². The van der Waals surface area contributed by atoms with E-state index in [9.17, 15) is 28.8 Å². The molecule has 33 heavy (non-hydrogen) atoms. The second-order valence-corrected chi connectivity index (χ2v) is 6.83. The van der Waals surface area contributed by atoms with Gasteiger partial charge in [0, 0.05) is 55.6 Å². The van der Waals surface area contributed by atoms with Gasteiger partial charge in [-0.25, -0.2) is 0 Å². The van der Waals surface area contributed by atoms with Crippen LogP contribution in [-0.4, -0.2) is 54.7 Å². The Morgan fingerprint density at radius 1 is 0.545 bits per heavy atom. The third-order valence-electron chi connectivity index (χ3n) is 4.37. The number of carbonyl (C=O) groups is 6. The smallest absolute Gasteiger partial charge is 0.251 e. The van der Waals surface area contributed by atoms with Crippen LogP contribution in [0.1, 0.15) is 50.3 Å². The number of ketones is 3. The number of carbonyl (C=O) groups excluding carboxylic acids is 6. The second-order valence-electron chi connectivity index (χ2n) is 6.83. The van der Waals surface area contributed by atoms with Crippen molar-refractivity contribution in [2.75, 3.05) is 19.6 Å². The fourth-order valence-corrected chi connectivity index (χ4v) is 2.53. The first kappa shape index (κ1) is 26.9. The Balaban J connectivity index is 3.04. The summed E-state index contributed by atoms with van der Waals surface area (Å²) in [6, 6.07) is 3.90. The van der Waals surface area contributed by atoms with Crippen molar-refractivity contribution in [3.05, 3.63) is 72.9 Å². The monoisotopic (exact) mass is 453 g/mol. The van der Waals surface area contributed by atoms with Crippen molar-refractivity contribution in [2.45, 2.75) is 19.3 Å². The molecule has 0 radical (unpaired) electrons. The Hall–Kier alpha value is -4.14. The van der Waals surface area contributed by atoms with Gasteiger partial charge in [-0.1, -0.05) is 19.7 Å². The van der Waals surface area contributed by atoms with Crippen LogP contribution < -0.4 is 16.0 Å². The van der Waals surface area contributed by atoms with E-state index in [1.807, 2.05) is 0 Å². The largest absolute Gasteiger partial charge is 0.352 e. The molecule has 0 atom stereocenters. The highest BCUT2D eigenvalue weighted by Crippen LogP contribution is 2.12. The molecule has 0 heterocycles. The highest BCUT2D eigenvalue weighted by atomic mass is 16.2. The van der Waals surface area contributed by atoms with E-state index in [2.05, 4.69) is 35.7 Å². The summed E-state index contributed by atoms with van der Waals surface area (Å²) in [6.45, 7) is 10.2. The first-order valence-electron chi connectivity index (χ1n) is 10.2. The number of allylic oxidation sites excluding steroid dienone is 3. The molecule has 9 heteroatoms. The summed E-state index contributed by atoms with van der Waals surface area (Å²) >= 11 is 0. The van der Waals surface area contributed by atoms with Crippen molar-refractivity contribution < 1.29 is 28.8 Å². The zero-order chi connectivity index (χ0) is 24.8. The predicted octanol–water partition coefficient (Wildman–Crippen LogP) is 1.31. The van der Waals surface area contributed by atoms with E-state index < -0.39 is 17.7 Å². The average molecular weight is 453 g/mol. The summed E-state index contributed by atoms with van der Waals surface area (Å²) in [5.41, 5.74) is 0.0922. The summed E-state index contributed by atoms with van der Waals surface area (Å²) in [4.78, 5) is 71.5. The molecular weight excluding hydrogens is 426 g/mol. The van der Waals surface area contributed by atoms with Gasteiger partial charge < -0.3 is 16.0 Å². The quantitative estimate of drug-likeness (QED) is 0.342. The van der Waals surface area contributed by atoms with Crippen molar-refractivity contribution in [2.24, 2.45) is 0 Å². The van der Waals surface area contributed by atoms with E-state index in [0.29, 0.717) is 0 Å². The summed E-state index contributed by atoms with van der Waals surface area (Å²) in [6.07, 6.45) is 3.60. The van der Waals surface area contributed by atoms with Crippen LogP contribution in [0.5, 0.6) is 0 Å². The molecule has 0 aliphatic carbocycles. The number of nitrogens with one attached hydrogen (secondary N) is 3. The molecule has 0 aromatic heterocycles. The highest BCUT2D eigenvalue weighted by Gasteiger charge is 2.17. The number of rotatable bonds is 15. The van der Waals surface area contributed by atoms with E-state index in [4.69, 9.17) is 0 Å². The summed E-state index contributed by atoms with van der Waals surface area (Å²) in [5.74, 6) is -2.48. The van der Waals surface area contributed by atoms with Crippen LogP contribution in [0.4, 0.5) is 0 Å². The molecule has 0 fully saturated rings.